The third-order valence-electron chi connectivity index (χ3n) is 6.00. The summed E-state index contributed by atoms with van der Waals surface area (Å²) < 4.78 is 22.3. The Morgan fingerprint density at radius 3 is 2.80 bits per heavy atom. The second-order valence-corrected chi connectivity index (χ2v) is 8.13. The van der Waals surface area contributed by atoms with E-state index < -0.39 is 12.3 Å². The van der Waals surface area contributed by atoms with Crippen LogP contribution in [0.15, 0.2) is 42.7 Å². The Balaban J connectivity index is 1.31. The van der Waals surface area contributed by atoms with Crippen molar-refractivity contribution >= 4 is 0 Å². The minimum atomic E-state index is -1.05. The molecule has 2 saturated heterocycles. The molecule has 2 aliphatic heterocycles. The topological polar surface area (TPSA) is 85.1 Å². The zero-order chi connectivity index (χ0) is 20.7. The van der Waals surface area contributed by atoms with Crippen molar-refractivity contribution in [2.75, 3.05) is 0 Å². The van der Waals surface area contributed by atoms with Gasteiger partial charge in [0, 0.05) is 48.9 Å². The Morgan fingerprint density at radius 1 is 1.17 bits per heavy atom. The Bertz CT molecular complexity index is 1040. The summed E-state index contributed by atoms with van der Waals surface area (Å²) >= 11 is 0. The minimum absolute atomic E-state index is 0.106. The second-order valence-electron chi connectivity index (χ2n) is 8.13. The Kier molecular flexibility index (Phi) is 4.86. The molecule has 0 aliphatic carbocycles. The number of aromatic nitrogens is 4. The lowest BCUT2D eigenvalue weighted by Gasteiger charge is -2.42. The summed E-state index contributed by atoms with van der Waals surface area (Å²) in [6.07, 6.45) is 5.67. The van der Waals surface area contributed by atoms with Crippen molar-refractivity contribution in [1.29, 1.82) is 0 Å². The van der Waals surface area contributed by atoms with Gasteiger partial charge in [0.15, 0.2) is 6.17 Å². The van der Waals surface area contributed by atoms with E-state index in [9.17, 15) is 9.50 Å². The number of phenolic OH excluding ortho intramolecular Hbond substituents is 1. The van der Waals surface area contributed by atoms with Crippen molar-refractivity contribution < 1.29 is 14.2 Å². The first-order valence-electron chi connectivity index (χ1n) is 10.3. The number of aromatic hydroxyl groups is 1. The Labute approximate surface area is 173 Å². The van der Waals surface area contributed by atoms with Crippen LogP contribution in [0.3, 0.4) is 0 Å². The van der Waals surface area contributed by atoms with Gasteiger partial charge in [-0.05, 0) is 36.6 Å². The number of aryl methyl sites for hydroxylation is 1. The Morgan fingerprint density at radius 2 is 2.07 bits per heavy atom. The van der Waals surface area contributed by atoms with Gasteiger partial charge in [0.1, 0.15) is 11.9 Å². The van der Waals surface area contributed by atoms with Gasteiger partial charge in [0.05, 0.1) is 11.9 Å². The molecule has 0 amide bonds. The van der Waals surface area contributed by atoms with Crippen LogP contribution in [0.4, 0.5) is 4.39 Å². The molecule has 7 nitrogen and oxygen atoms in total. The van der Waals surface area contributed by atoms with Crippen molar-refractivity contribution in [3.63, 3.8) is 0 Å². The molecule has 30 heavy (non-hydrogen) atoms. The highest BCUT2D eigenvalue weighted by molar-refractivity contribution is 5.73. The number of ether oxygens (including phenoxy) is 1. The third-order valence-corrected chi connectivity index (χ3v) is 6.00. The van der Waals surface area contributed by atoms with E-state index in [2.05, 4.69) is 20.6 Å². The number of halogens is 1. The fraction of sp³-hybridized carbons (Fsp3) is 0.409. The van der Waals surface area contributed by atoms with Crippen molar-refractivity contribution in [3.05, 3.63) is 42.7 Å². The van der Waals surface area contributed by atoms with Crippen LogP contribution in [0.1, 0.15) is 25.7 Å². The van der Waals surface area contributed by atoms with E-state index in [1.54, 1.807) is 35.1 Å². The predicted molar refractivity (Wildman–Crippen MR) is 110 cm³/mol. The maximum absolute atomic E-state index is 14.7. The van der Waals surface area contributed by atoms with Crippen LogP contribution in [0.5, 0.6) is 11.6 Å². The van der Waals surface area contributed by atoms with Crippen LogP contribution in [-0.2, 0) is 7.05 Å². The zero-order valence-corrected chi connectivity index (χ0v) is 16.7. The van der Waals surface area contributed by atoms with Gasteiger partial charge in [-0.3, -0.25) is 4.68 Å². The second kappa shape index (κ2) is 7.68. The molecule has 4 atom stereocenters. The maximum Gasteiger partial charge on any atom is 0.233 e. The van der Waals surface area contributed by atoms with Crippen molar-refractivity contribution in [1.82, 2.24) is 25.3 Å². The lowest BCUT2D eigenvalue weighted by atomic mass is 9.84. The predicted octanol–water partition coefficient (Wildman–Crippen LogP) is 3.25. The van der Waals surface area contributed by atoms with Gasteiger partial charge in [-0.15, -0.1) is 10.2 Å². The van der Waals surface area contributed by atoms with Crippen LogP contribution in [0.2, 0.25) is 0 Å². The van der Waals surface area contributed by atoms with E-state index in [4.69, 9.17) is 4.74 Å². The lowest BCUT2D eigenvalue weighted by Crippen LogP contribution is -2.59. The monoisotopic (exact) mass is 409 g/mol. The first kappa shape index (κ1) is 19.0. The van der Waals surface area contributed by atoms with E-state index in [0.29, 0.717) is 29.6 Å². The molecule has 2 fully saturated rings. The lowest BCUT2D eigenvalue weighted by molar-refractivity contribution is 0.00652. The van der Waals surface area contributed by atoms with E-state index >= 15 is 0 Å². The molecule has 2 N–H and O–H groups in total. The fourth-order valence-electron chi connectivity index (χ4n) is 4.45. The highest BCUT2D eigenvalue weighted by Gasteiger charge is 2.41. The molecular formula is C22H24FN5O2. The summed E-state index contributed by atoms with van der Waals surface area (Å²) in [5.41, 5.74) is 2.88. The standard InChI is InChI=1S/C22H24FN5O2/c1-28-12-14(11-24-28)13-5-6-16(19(29)9-13)17-7-8-21(27-26-17)30-20-10-15-3-2-4-18(25-15)22(20)23/h5-9,11-12,15,18,20,22,25,29H,2-4,10H2,1H3/t15?,18?,20-,22+/m1/s1. The van der Waals surface area contributed by atoms with Gasteiger partial charge in [0.25, 0.3) is 0 Å². The molecule has 8 heteroatoms. The van der Waals surface area contributed by atoms with Crippen LogP contribution < -0.4 is 10.1 Å². The molecule has 0 radical (unpaired) electrons. The molecule has 2 aliphatic rings. The molecule has 0 spiro atoms. The number of hydrogen-bond acceptors (Lipinski definition) is 6. The van der Waals surface area contributed by atoms with Crippen LogP contribution in [0, 0.1) is 0 Å². The number of hydrogen-bond donors (Lipinski definition) is 2. The molecule has 2 unspecified atom stereocenters. The van der Waals surface area contributed by atoms with Crippen molar-refractivity contribution in [2.45, 2.75) is 50.0 Å². The van der Waals surface area contributed by atoms with Gasteiger partial charge < -0.3 is 15.2 Å². The van der Waals surface area contributed by atoms with Crippen LogP contribution in [0.25, 0.3) is 22.4 Å². The van der Waals surface area contributed by atoms with E-state index in [1.165, 1.54) is 0 Å². The van der Waals surface area contributed by atoms with Gasteiger partial charge in [-0.25, -0.2) is 4.39 Å². The van der Waals surface area contributed by atoms with E-state index in [-0.39, 0.29) is 11.8 Å². The van der Waals surface area contributed by atoms with Gasteiger partial charge >= 0.3 is 0 Å². The zero-order valence-electron chi connectivity index (χ0n) is 16.7. The number of rotatable bonds is 4. The summed E-state index contributed by atoms with van der Waals surface area (Å²) in [4.78, 5) is 0. The number of nitrogens with zero attached hydrogens (tertiary/aromatic N) is 4. The summed E-state index contributed by atoms with van der Waals surface area (Å²) in [6.45, 7) is 0. The van der Waals surface area contributed by atoms with Crippen LogP contribution in [-0.4, -0.2) is 49.4 Å². The van der Waals surface area contributed by atoms with Gasteiger partial charge in [-0.2, -0.15) is 5.10 Å². The molecule has 2 aromatic heterocycles. The molecule has 2 bridgehead atoms. The summed E-state index contributed by atoms with van der Waals surface area (Å²) in [5.74, 6) is 0.409. The summed E-state index contributed by atoms with van der Waals surface area (Å²) in [6, 6.07) is 8.97. The normalized spacial score (nSPS) is 25.8. The molecule has 1 aromatic carbocycles. The molecular weight excluding hydrogens is 385 g/mol. The molecule has 0 saturated carbocycles. The van der Waals surface area contributed by atoms with E-state index in [0.717, 1.165) is 30.4 Å². The average molecular weight is 409 g/mol. The van der Waals surface area contributed by atoms with Crippen LogP contribution >= 0.6 is 0 Å². The van der Waals surface area contributed by atoms with Gasteiger partial charge in [0.2, 0.25) is 5.88 Å². The average Bonchev–Trinajstić information content (AvgIpc) is 3.19. The first-order chi connectivity index (χ1) is 14.6. The number of alkyl halides is 1. The quantitative estimate of drug-likeness (QED) is 0.688. The maximum atomic E-state index is 14.7. The largest absolute Gasteiger partial charge is 0.507 e. The number of nitrogens with one attached hydrogen (secondary N) is 1. The van der Waals surface area contributed by atoms with Gasteiger partial charge in [-0.1, -0.05) is 12.5 Å². The number of benzene rings is 1. The minimum Gasteiger partial charge on any atom is -0.507 e. The van der Waals surface area contributed by atoms with E-state index in [1.807, 2.05) is 19.3 Å². The highest BCUT2D eigenvalue weighted by atomic mass is 19.1. The molecule has 5 rings (SSSR count). The SMILES string of the molecule is Cn1cc(-c2ccc(-c3ccc(O[C@@H]4CC5CCCC(N5)[C@@H]4F)nn3)c(O)c2)cn1. The Hall–Kier alpha value is -3.00. The first-order valence-corrected chi connectivity index (χ1v) is 10.3. The molecule has 156 valence electrons. The van der Waals surface area contributed by atoms with Crippen molar-refractivity contribution in [3.8, 4) is 34.0 Å². The number of fused-ring (bicyclic) bond motifs is 2. The highest BCUT2D eigenvalue weighted by Crippen LogP contribution is 2.33. The number of piperidine rings is 2. The number of phenols is 1. The molecule has 3 aromatic rings. The van der Waals surface area contributed by atoms with Crippen molar-refractivity contribution in [2.24, 2.45) is 7.05 Å². The summed E-state index contributed by atoms with van der Waals surface area (Å²) in [5, 5.41) is 26.3. The molecule has 4 heterocycles. The summed E-state index contributed by atoms with van der Waals surface area (Å²) in [7, 11) is 1.85. The fourth-order valence-corrected chi connectivity index (χ4v) is 4.45. The smallest absolute Gasteiger partial charge is 0.233 e. The third kappa shape index (κ3) is 3.63.